The van der Waals surface area contributed by atoms with E-state index in [1.807, 2.05) is 18.2 Å². The number of aromatic hydroxyl groups is 1. The molecule has 90 valence electrons. The van der Waals surface area contributed by atoms with Gasteiger partial charge < -0.3 is 9.52 Å². The molecule has 2 aromatic carbocycles. The van der Waals surface area contributed by atoms with Crippen molar-refractivity contribution >= 4 is 11.0 Å². The standard InChI is InChI=1S/C16H14O2/c1-10-5-3-6-11(2)16(10)15-9-12-13(17)7-4-8-14(12)18-15/h3-9,17H,1-2H3. The molecule has 1 N–H and O–H groups in total. The fourth-order valence-corrected chi connectivity index (χ4v) is 2.37. The summed E-state index contributed by atoms with van der Waals surface area (Å²) >= 11 is 0. The predicted octanol–water partition coefficient (Wildman–Crippen LogP) is 4.42. The lowest BCUT2D eigenvalue weighted by Gasteiger charge is -2.05. The lowest BCUT2D eigenvalue weighted by atomic mass is 10.0. The van der Waals surface area contributed by atoms with Crippen LogP contribution in [0.15, 0.2) is 46.9 Å². The van der Waals surface area contributed by atoms with Crippen LogP contribution in [-0.4, -0.2) is 5.11 Å². The number of benzene rings is 2. The zero-order chi connectivity index (χ0) is 12.7. The first-order valence-electron chi connectivity index (χ1n) is 5.95. The van der Waals surface area contributed by atoms with E-state index in [9.17, 15) is 5.11 Å². The van der Waals surface area contributed by atoms with Crippen molar-refractivity contribution in [2.45, 2.75) is 13.8 Å². The van der Waals surface area contributed by atoms with E-state index in [0.717, 1.165) is 16.7 Å². The Morgan fingerprint density at radius 2 is 1.61 bits per heavy atom. The van der Waals surface area contributed by atoms with Gasteiger partial charge in [0.2, 0.25) is 0 Å². The highest BCUT2D eigenvalue weighted by molar-refractivity contribution is 5.88. The van der Waals surface area contributed by atoms with Crippen molar-refractivity contribution in [2.75, 3.05) is 0 Å². The molecular formula is C16H14O2. The molecule has 3 aromatic rings. The maximum Gasteiger partial charge on any atom is 0.138 e. The van der Waals surface area contributed by atoms with E-state index >= 15 is 0 Å². The molecule has 3 rings (SSSR count). The number of phenolic OH excluding ortho intramolecular Hbond substituents is 1. The number of phenols is 1. The molecule has 0 aliphatic heterocycles. The van der Waals surface area contributed by atoms with E-state index in [1.165, 1.54) is 11.1 Å². The Hall–Kier alpha value is -2.22. The number of furan rings is 1. The lowest BCUT2D eigenvalue weighted by Crippen LogP contribution is -1.85. The molecule has 2 nitrogen and oxygen atoms in total. The Kier molecular flexibility index (Phi) is 2.37. The van der Waals surface area contributed by atoms with E-state index in [4.69, 9.17) is 4.42 Å². The Labute approximate surface area is 105 Å². The van der Waals surface area contributed by atoms with Crippen molar-refractivity contribution in [1.29, 1.82) is 0 Å². The molecule has 0 aliphatic carbocycles. The van der Waals surface area contributed by atoms with Gasteiger partial charge in [-0.15, -0.1) is 0 Å². The largest absolute Gasteiger partial charge is 0.507 e. The summed E-state index contributed by atoms with van der Waals surface area (Å²) in [6.07, 6.45) is 0. The third-order valence-corrected chi connectivity index (χ3v) is 3.27. The normalized spacial score (nSPS) is 11.0. The summed E-state index contributed by atoms with van der Waals surface area (Å²) in [5.74, 6) is 1.07. The summed E-state index contributed by atoms with van der Waals surface area (Å²) in [5, 5.41) is 10.6. The average Bonchev–Trinajstić information content (AvgIpc) is 2.74. The minimum Gasteiger partial charge on any atom is -0.507 e. The molecule has 0 fully saturated rings. The van der Waals surface area contributed by atoms with Gasteiger partial charge in [0.15, 0.2) is 0 Å². The van der Waals surface area contributed by atoms with Gasteiger partial charge >= 0.3 is 0 Å². The van der Waals surface area contributed by atoms with Gasteiger partial charge in [-0.05, 0) is 43.2 Å². The molecule has 1 aromatic heterocycles. The monoisotopic (exact) mass is 238 g/mol. The highest BCUT2D eigenvalue weighted by atomic mass is 16.3. The second-order valence-electron chi connectivity index (χ2n) is 4.57. The maximum atomic E-state index is 9.81. The van der Waals surface area contributed by atoms with Gasteiger partial charge in [0.25, 0.3) is 0 Å². The van der Waals surface area contributed by atoms with Crippen LogP contribution in [-0.2, 0) is 0 Å². The van der Waals surface area contributed by atoms with Crippen LogP contribution in [0.25, 0.3) is 22.3 Å². The maximum absolute atomic E-state index is 9.81. The zero-order valence-corrected chi connectivity index (χ0v) is 10.4. The van der Waals surface area contributed by atoms with Gasteiger partial charge in [0.1, 0.15) is 17.1 Å². The lowest BCUT2D eigenvalue weighted by molar-refractivity contribution is 0.481. The van der Waals surface area contributed by atoms with Gasteiger partial charge in [-0.2, -0.15) is 0 Å². The number of rotatable bonds is 1. The number of fused-ring (bicyclic) bond motifs is 1. The molecule has 0 aliphatic rings. The molecule has 18 heavy (non-hydrogen) atoms. The summed E-state index contributed by atoms with van der Waals surface area (Å²) in [6, 6.07) is 13.4. The van der Waals surface area contributed by atoms with E-state index in [1.54, 1.807) is 12.1 Å². The smallest absolute Gasteiger partial charge is 0.138 e. The predicted molar refractivity (Wildman–Crippen MR) is 72.8 cm³/mol. The minimum atomic E-state index is 0.258. The summed E-state index contributed by atoms with van der Waals surface area (Å²) < 4.78 is 5.84. The molecule has 0 amide bonds. The average molecular weight is 238 g/mol. The molecule has 0 radical (unpaired) electrons. The Morgan fingerprint density at radius 1 is 0.944 bits per heavy atom. The molecule has 1 heterocycles. The summed E-state index contributed by atoms with van der Waals surface area (Å²) in [5.41, 5.74) is 4.17. The third-order valence-electron chi connectivity index (χ3n) is 3.27. The van der Waals surface area contributed by atoms with Crippen molar-refractivity contribution < 1.29 is 9.52 Å². The van der Waals surface area contributed by atoms with Gasteiger partial charge in [0.05, 0.1) is 5.39 Å². The molecule has 0 spiro atoms. The number of hydrogen-bond donors (Lipinski definition) is 1. The van der Waals surface area contributed by atoms with Gasteiger partial charge in [-0.25, -0.2) is 0 Å². The van der Waals surface area contributed by atoms with E-state index in [0.29, 0.717) is 5.58 Å². The van der Waals surface area contributed by atoms with Gasteiger partial charge in [0, 0.05) is 5.56 Å². The first-order chi connectivity index (χ1) is 8.66. The van der Waals surface area contributed by atoms with Crippen molar-refractivity contribution in [2.24, 2.45) is 0 Å². The molecule has 0 atom stereocenters. The summed E-state index contributed by atoms with van der Waals surface area (Å²) in [6.45, 7) is 4.13. The van der Waals surface area contributed by atoms with E-state index < -0.39 is 0 Å². The first-order valence-corrected chi connectivity index (χ1v) is 5.95. The Morgan fingerprint density at radius 3 is 2.28 bits per heavy atom. The van der Waals surface area contributed by atoms with E-state index in [2.05, 4.69) is 26.0 Å². The second kappa shape index (κ2) is 3.91. The molecule has 0 saturated heterocycles. The van der Waals surface area contributed by atoms with Crippen LogP contribution < -0.4 is 0 Å². The van der Waals surface area contributed by atoms with Crippen molar-refractivity contribution in [1.82, 2.24) is 0 Å². The van der Waals surface area contributed by atoms with Crippen LogP contribution in [0.5, 0.6) is 5.75 Å². The summed E-state index contributed by atoms with van der Waals surface area (Å²) in [7, 11) is 0. The SMILES string of the molecule is Cc1cccc(C)c1-c1cc2c(O)cccc2o1. The molecule has 0 bridgehead atoms. The van der Waals surface area contributed by atoms with Crippen LogP contribution in [0.4, 0.5) is 0 Å². The zero-order valence-electron chi connectivity index (χ0n) is 10.4. The van der Waals surface area contributed by atoms with Crippen molar-refractivity contribution in [3.05, 3.63) is 53.6 Å². The van der Waals surface area contributed by atoms with Crippen LogP contribution in [0, 0.1) is 13.8 Å². The highest BCUT2D eigenvalue weighted by Crippen LogP contribution is 2.35. The van der Waals surface area contributed by atoms with Crippen LogP contribution >= 0.6 is 0 Å². The van der Waals surface area contributed by atoms with Gasteiger partial charge in [-0.1, -0.05) is 24.3 Å². The van der Waals surface area contributed by atoms with Crippen LogP contribution in [0.3, 0.4) is 0 Å². The highest BCUT2D eigenvalue weighted by Gasteiger charge is 2.12. The summed E-state index contributed by atoms with van der Waals surface area (Å²) in [4.78, 5) is 0. The molecule has 0 unspecified atom stereocenters. The third kappa shape index (κ3) is 1.58. The van der Waals surface area contributed by atoms with Crippen molar-refractivity contribution in [3.63, 3.8) is 0 Å². The number of hydrogen-bond acceptors (Lipinski definition) is 2. The first kappa shape index (κ1) is 10.9. The Bertz CT molecular complexity index is 703. The topological polar surface area (TPSA) is 33.4 Å². The van der Waals surface area contributed by atoms with Crippen molar-refractivity contribution in [3.8, 4) is 17.1 Å². The second-order valence-corrected chi connectivity index (χ2v) is 4.57. The van der Waals surface area contributed by atoms with Gasteiger partial charge in [-0.3, -0.25) is 0 Å². The fourth-order valence-electron chi connectivity index (χ4n) is 2.37. The van der Waals surface area contributed by atoms with Crippen LogP contribution in [0.1, 0.15) is 11.1 Å². The van der Waals surface area contributed by atoms with Crippen LogP contribution in [0.2, 0.25) is 0 Å². The quantitative estimate of drug-likeness (QED) is 0.680. The molecule has 2 heteroatoms. The Balaban J connectivity index is 2.30. The minimum absolute atomic E-state index is 0.258. The fraction of sp³-hybridized carbons (Fsp3) is 0.125. The molecule has 0 saturated carbocycles. The van der Waals surface area contributed by atoms with E-state index in [-0.39, 0.29) is 5.75 Å². The molecular weight excluding hydrogens is 224 g/mol. The number of aryl methyl sites for hydroxylation is 2.